The van der Waals surface area contributed by atoms with Crippen LogP contribution in [0.25, 0.3) is 0 Å². The molecule has 5 nitrogen and oxygen atoms in total. The van der Waals surface area contributed by atoms with Crippen molar-refractivity contribution < 1.29 is 22.7 Å². The first kappa shape index (κ1) is 17.8. The number of ether oxygens (including phenoxy) is 1. The molecule has 124 valence electrons. The lowest BCUT2D eigenvalue weighted by molar-refractivity contribution is -0.138. The predicted octanol–water partition coefficient (Wildman–Crippen LogP) is 4.27. The second kappa shape index (κ2) is 7.33. The van der Waals surface area contributed by atoms with Crippen LogP contribution in [0.4, 0.5) is 18.3 Å². The maximum absolute atomic E-state index is 12.3. The van der Waals surface area contributed by atoms with Crippen LogP contribution in [0.2, 0.25) is 10.0 Å². The molecule has 0 fully saturated rings. The molecule has 2 rings (SSSR count). The van der Waals surface area contributed by atoms with Crippen LogP contribution >= 0.6 is 34.5 Å². The lowest BCUT2D eigenvalue weighted by atomic mass is 10.3. The molecule has 1 heterocycles. The van der Waals surface area contributed by atoms with Crippen molar-refractivity contribution in [2.45, 2.75) is 12.6 Å². The van der Waals surface area contributed by atoms with Gasteiger partial charge in [0.05, 0.1) is 18.1 Å². The summed E-state index contributed by atoms with van der Waals surface area (Å²) in [5, 5.41) is 7.80. The first-order valence-electron chi connectivity index (χ1n) is 6.04. The highest BCUT2D eigenvalue weighted by atomic mass is 35.5. The molecule has 0 spiro atoms. The van der Waals surface area contributed by atoms with Gasteiger partial charge in [-0.05, 0) is 18.2 Å². The number of aromatic nitrogens is 2. The summed E-state index contributed by atoms with van der Waals surface area (Å²) < 4.78 is 42.3. The molecule has 0 bridgehead atoms. The number of hydrogen-bond acceptors (Lipinski definition) is 5. The van der Waals surface area contributed by atoms with Gasteiger partial charge in [0.15, 0.2) is 0 Å². The standard InChI is InChI=1S/C12H8Cl2F3N3O2S/c13-6-1-2-8(7(14)5-6)22-4-3-9(21)18-11-20-19-10(23-11)12(15,16)17/h1-2,5H,3-4H2,(H,18,20,21). The number of rotatable bonds is 5. The van der Waals surface area contributed by atoms with Gasteiger partial charge in [0.25, 0.3) is 0 Å². The van der Waals surface area contributed by atoms with Gasteiger partial charge in [0.1, 0.15) is 5.75 Å². The van der Waals surface area contributed by atoms with Crippen LogP contribution in [0.15, 0.2) is 18.2 Å². The minimum atomic E-state index is -4.59. The predicted molar refractivity (Wildman–Crippen MR) is 80.1 cm³/mol. The maximum atomic E-state index is 12.3. The van der Waals surface area contributed by atoms with E-state index in [1.54, 1.807) is 12.1 Å². The number of anilines is 1. The van der Waals surface area contributed by atoms with Crippen molar-refractivity contribution in [3.63, 3.8) is 0 Å². The molecule has 0 atom stereocenters. The van der Waals surface area contributed by atoms with Crippen molar-refractivity contribution >= 4 is 45.6 Å². The number of amides is 1. The molecule has 0 saturated carbocycles. The highest BCUT2D eigenvalue weighted by molar-refractivity contribution is 7.15. The first-order chi connectivity index (χ1) is 10.8. The molecule has 11 heteroatoms. The molecule has 0 aliphatic carbocycles. The first-order valence-corrected chi connectivity index (χ1v) is 7.61. The largest absolute Gasteiger partial charge is 0.491 e. The molecule has 0 unspecified atom stereocenters. The molecule has 1 amide bonds. The number of hydrogen-bond donors (Lipinski definition) is 1. The average Bonchev–Trinajstić information content (AvgIpc) is 2.89. The van der Waals surface area contributed by atoms with Crippen LogP contribution in [-0.2, 0) is 11.0 Å². The second-order valence-electron chi connectivity index (χ2n) is 4.13. The Bertz CT molecular complexity index is 709. The Morgan fingerprint density at radius 2 is 2.04 bits per heavy atom. The lowest BCUT2D eigenvalue weighted by Crippen LogP contribution is -2.15. The van der Waals surface area contributed by atoms with Gasteiger partial charge < -0.3 is 10.1 Å². The number of carbonyl (C=O) groups excluding carboxylic acids is 1. The van der Waals surface area contributed by atoms with Gasteiger partial charge >= 0.3 is 6.18 Å². The van der Waals surface area contributed by atoms with E-state index in [1.807, 2.05) is 0 Å². The molecule has 23 heavy (non-hydrogen) atoms. The average molecular weight is 386 g/mol. The van der Waals surface area contributed by atoms with Crippen LogP contribution < -0.4 is 10.1 Å². The zero-order chi connectivity index (χ0) is 17.0. The maximum Gasteiger partial charge on any atom is 0.445 e. The third-order valence-corrected chi connectivity index (χ3v) is 3.81. The van der Waals surface area contributed by atoms with Gasteiger partial charge in [0, 0.05) is 5.02 Å². The van der Waals surface area contributed by atoms with E-state index in [9.17, 15) is 18.0 Å². The monoisotopic (exact) mass is 385 g/mol. The smallest absolute Gasteiger partial charge is 0.445 e. The number of nitrogens with one attached hydrogen (secondary N) is 1. The van der Waals surface area contributed by atoms with E-state index >= 15 is 0 Å². The lowest BCUT2D eigenvalue weighted by Gasteiger charge is -2.07. The van der Waals surface area contributed by atoms with Crippen molar-refractivity contribution in [1.82, 2.24) is 10.2 Å². The number of carbonyl (C=O) groups is 1. The van der Waals surface area contributed by atoms with E-state index in [1.165, 1.54) is 6.07 Å². The van der Waals surface area contributed by atoms with Crippen LogP contribution in [0.3, 0.4) is 0 Å². The summed E-state index contributed by atoms with van der Waals surface area (Å²) in [5.74, 6) is -0.209. The topological polar surface area (TPSA) is 64.1 Å². The zero-order valence-corrected chi connectivity index (χ0v) is 13.5. The van der Waals surface area contributed by atoms with E-state index in [2.05, 4.69) is 15.5 Å². The molecule has 0 radical (unpaired) electrons. The number of halogens is 5. The minimum absolute atomic E-state index is 0.0158. The number of benzene rings is 1. The summed E-state index contributed by atoms with van der Waals surface area (Å²) in [7, 11) is 0. The summed E-state index contributed by atoms with van der Waals surface area (Å²) in [5.41, 5.74) is 0. The van der Waals surface area contributed by atoms with E-state index < -0.39 is 17.1 Å². The molecule has 1 N–H and O–H groups in total. The minimum Gasteiger partial charge on any atom is -0.491 e. The molecular weight excluding hydrogens is 378 g/mol. The Labute approximate surface area is 142 Å². The van der Waals surface area contributed by atoms with E-state index in [0.717, 1.165) is 0 Å². The fourth-order valence-corrected chi connectivity index (χ4v) is 2.51. The number of nitrogens with zero attached hydrogens (tertiary/aromatic N) is 2. The summed E-state index contributed by atoms with van der Waals surface area (Å²) in [4.78, 5) is 11.6. The quantitative estimate of drug-likeness (QED) is 0.834. The highest BCUT2D eigenvalue weighted by Crippen LogP contribution is 2.33. The van der Waals surface area contributed by atoms with Crippen LogP contribution in [0.5, 0.6) is 5.75 Å². The molecular formula is C12H8Cl2F3N3O2S. The van der Waals surface area contributed by atoms with Gasteiger partial charge in [-0.1, -0.05) is 34.5 Å². The molecule has 0 aliphatic rings. The van der Waals surface area contributed by atoms with E-state index in [0.29, 0.717) is 10.8 Å². The fraction of sp³-hybridized carbons (Fsp3) is 0.250. The van der Waals surface area contributed by atoms with Crippen LogP contribution in [0, 0.1) is 0 Å². The molecule has 0 saturated heterocycles. The third-order valence-electron chi connectivity index (χ3n) is 2.39. The summed E-state index contributed by atoms with van der Waals surface area (Å²) in [6.07, 6.45) is -4.69. The van der Waals surface area contributed by atoms with Crippen molar-refractivity contribution in [2.24, 2.45) is 0 Å². The van der Waals surface area contributed by atoms with Gasteiger partial charge in [0.2, 0.25) is 16.0 Å². The van der Waals surface area contributed by atoms with Gasteiger partial charge in [-0.3, -0.25) is 4.79 Å². The summed E-state index contributed by atoms with van der Waals surface area (Å²) in [6.45, 7) is -0.0158. The van der Waals surface area contributed by atoms with Gasteiger partial charge in [-0.2, -0.15) is 13.2 Å². The second-order valence-corrected chi connectivity index (χ2v) is 5.95. The zero-order valence-electron chi connectivity index (χ0n) is 11.2. The van der Waals surface area contributed by atoms with Crippen molar-refractivity contribution in [3.05, 3.63) is 33.3 Å². The SMILES string of the molecule is O=C(CCOc1ccc(Cl)cc1Cl)Nc1nnc(C(F)(F)F)s1. The Kier molecular flexibility index (Phi) is 5.66. The fourth-order valence-electron chi connectivity index (χ4n) is 1.42. The normalized spacial score (nSPS) is 11.3. The van der Waals surface area contributed by atoms with Gasteiger partial charge in [-0.25, -0.2) is 0 Å². The van der Waals surface area contributed by atoms with Crippen molar-refractivity contribution in [1.29, 1.82) is 0 Å². The van der Waals surface area contributed by atoms with E-state index in [4.69, 9.17) is 27.9 Å². The number of alkyl halides is 3. The van der Waals surface area contributed by atoms with E-state index in [-0.39, 0.29) is 34.5 Å². The Balaban J connectivity index is 1.82. The highest BCUT2D eigenvalue weighted by Gasteiger charge is 2.35. The summed E-state index contributed by atoms with van der Waals surface area (Å²) in [6, 6.07) is 4.60. The Morgan fingerprint density at radius 1 is 1.30 bits per heavy atom. The molecule has 2 aromatic rings. The van der Waals surface area contributed by atoms with Crippen molar-refractivity contribution in [3.8, 4) is 5.75 Å². The summed E-state index contributed by atoms with van der Waals surface area (Å²) >= 11 is 11.9. The van der Waals surface area contributed by atoms with Gasteiger partial charge in [-0.15, -0.1) is 10.2 Å². The molecule has 0 aliphatic heterocycles. The molecule has 1 aromatic heterocycles. The van der Waals surface area contributed by atoms with Crippen molar-refractivity contribution in [2.75, 3.05) is 11.9 Å². The Hall–Kier alpha value is -1.58. The Morgan fingerprint density at radius 3 is 2.65 bits per heavy atom. The third kappa shape index (κ3) is 5.22. The van der Waals surface area contributed by atoms with Crippen LogP contribution in [0.1, 0.15) is 11.4 Å². The molecule has 1 aromatic carbocycles. The van der Waals surface area contributed by atoms with Crippen LogP contribution in [-0.4, -0.2) is 22.7 Å².